The zero-order valence-corrected chi connectivity index (χ0v) is 13.0. The molecule has 0 aliphatic heterocycles. The average molecular weight is 329 g/mol. The first-order valence-electron chi connectivity index (χ1n) is 6.87. The minimum Gasteiger partial charge on any atom is -0.497 e. The Labute approximate surface area is 137 Å². The molecule has 1 heterocycles. The lowest BCUT2D eigenvalue weighted by atomic mass is 10.2. The first kappa shape index (κ1) is 16.9. The molecule has 8 nitrogen and oxygen atoms in total. The molecule has 3 N–H and O–H groups in total. The molecule has 0 radical (unpaired) electrons. The third-order valence-corrected chi connectivity index (χ3v) is 3.03. The van der Waals surface area contributed by atoms with E-state index in [0.717, 1.165) is 6.20 Å². The average Bonchev–Trinajstić information content (AvgIpc) is 2.56. The van der Waals surface area contributed by atoms with Gasteiger partial charge in [-0.15, -0.1) is 0 Å². The van der Waals surface area contributed by atoms with Gasteiger partial charge in [-0.1, -0.05) is 0 Å². The van der Waals surface area contributed by atoms with Crippen molar-refractivity contribution in [3.8, 4) is 5.75 Å². The summed E-state index contributed by atoms with van der Waals surface area (Å²) in [6.07, 6.45) is 1.09. The quantitative estimate of drug-likeness (QED) is 0.772. The van der Waals surface area contributed by atoms with E-state index in [2.05, 4.69) is 15.6 Å². The van der Waals surface area contributed by atoms with E-state index in [0.29, 0.717) is 17.1 Å². The molecule has 0 atom stereocenters. The number of anilines is 2. The van der Waals surface area contributed by atoms with E-state index in [1.807, 2.05) is 0 Å². The van der Waals surface area contributed by atoms with Crippen LogP contribution in [-0.4, -0.2) is 35.0 Å². The highest BCUT2D eigenvalue weighted by Gasteiger charge is 2.13. The van der Waals surface area contributed by atoms with Crippen molar-refractivity contribution in [1.29, 1.82) is 0 Å². The van der Waals surface area contributed by atoms with E-state index in [9.17, 15) is 14.4 Å². The number of pyridine rings is 1. The van der Waals surface area contributed by atoms with Crippen LogP contribution in [0.15, 0.2) is 36.5 Å². The van der Waals surface area contributed by atoms with Gasteiger partial charge in [-0.2, -0.15) is 0 Å². The third-order valence-electron chi connectivity index (χ3n) is 3.03. The fourth-order valence-corrected chi connectivity index (χ4v) is 1.89. The largest absolute Gasteiger partial charge is 0.497 e. The monoisotopic (exact) mass is 329 g/mol. The van der Waals surface area contributed by atoms with Gasteiger partial charge in [-0.25, -0.2) is 4.79 Å². The summed E-state index contributed by atoms with van der Waals surface area (Å²) in [6, 6.07) is 7.37. The van der Waals surface area contributed by atoms with Crippen LogP contribution in [0.3, 0.4) is 0 Å². The maximum atomic E-state index is 12.3. The van der Waals surface area contributed by atoms with Gasteiger partial charge in [0.15, 0.2) is 0 Å². The molecule has 2 amide bonds. The second kappa shape index (κ2) is 7.23. The van der Waals surface area contributed by atoms with Crippen LogP contribution in [0, 0.1) is 0 Å². The van der Waals surface area contributed by atoms with Crippen molar-refractivity contribution >= 4 is 29.2 Å². The molecule has 0 spiro atoms. The Hall–Kier alpha value is -3.42. The highest BCUT2D eigenvalue weighted by molar-refractivity contribution is 6.06. The molecule has 0 saturated carbocycles. The SMILES string of the molecule is COc1ccc(NC(C)=O)c(NC(=O)c2ccc(C(=O)O)cn2)c1. The van der Waals surface area contributed by atoms with Crippen LogP contribution in [0.1, 0.15) is 27.8 Å². The number of benzene rings is 1. The van der Waals surface area contributed by atoms with Crippen molar-refractivity contribution in [2.24, 2.45) is 0 Å². The zero-order valence-electron chi connectivity index (χ0n) is 13.0. The molecule has 124 valence electrons. The van der Waals surface area contributed by atoms with Crippen molar-refractivity contribution in [3.05, 3.63) is 47.8 Å². The van der Waals surface area contributed by atoms with Crippen molar-refractivity contribution in [2.75, 3.05) is 17.7 Å². The van der Waals surface area contributed by atoms with Crippen LogP contribution in [-0.2, 0) is 4.79 Å². The topological polar surface area (TPSA) is 118 Å². The number of carbonyl (C=O) groups is 3. The number of aromatic nitrogens is 1. The lowest BCUT2D eigenvalue weighted by molar-refractivity contribution is -0.114. The van der Waals surface area contributed by atoms with Crippen LogP contribution >= 0.6 is 0 Å². The standard InChI is InChI=1S/C16H15N3O5/c1-9(20)18-12-6-4-11(24-2)7-14(12)19-15(21)13-5-3-10(8-17-13)16(22)23/h3-8H,1-2H3,(H,18,20)(H,19,21)(H,22,23). The summed E-state index contributed by atoms with van der Waals surface area (Å²) >= 11 is 0. The maximum Gasteiger partial charge on any atom is 0.337 e. The normalized spacial score (nSPS) is 9.92. The Balaban J connectivity index is 2.26. The number of carboxylic acids is 1. The Morgan fingerprint density at radius 2 is 1.83 bits per heavy atom. The van der Waals surface area contributed by atoms with Gasteiger partial charge >= 0.3 is 5.97 Å². The molecule has 8 heteroatoms. The molecule has 0 aliphatic rings. The Bertz CT molecular complexity index is 787. The molecule has 0 aliphatic carbocycles. The Morgan fingerprint density at radius 1 is 1.08 bits per heavy atom. The molecular weight excluding hydrogens is 314 g/mol. The van der Waals surface area contributed by atoms with Crippen LogP contribution in [0.25, 0.3) is 0 Å². The summed E-state index contributed by atoms with van der Waals surface area (Å²) in [5.74, 6) is -1.48. The summed E-state index contributed by atoms with van der Waals surface area (Å²) in [6.45, 7) is 1.35. The second-order valence-electron chi connectivity index (χ2n) is 4.78. The number of carboxylic acid groups (broad SMARTS) is 1. The van der Waals surface area contributed by atoms with Crippen molar-refractivity contribution in [2.45, 2.75) is 6.92 Å². The molecule has 1 aromatic heterocycles. The molecular formula is C16H15N3O5. The number of carbonyl (C=O) groups excluding carboxylic acids is 2. The van der Waals surface area contributed by atoms with E-state index in [1.165, 1.54) is 26.2 Å². The second-order valence-corrected chi connectivity index (χ2v) is 4.78. The summed E-state index contributed by atoms with van der Waals surface area (Å²) in [5, 5.41) is 14.0. The fraction of sp³-hybridized carbons (Fsp3) is 0.125. The number of nitrogens with one attached hydrogen (secondary N) is 2. The zero-order chi connectivity index (χ0) is 17.7. The van der Waals surface area contributed by atoms with Gasteiger partial charge in [-0.05, 0) is 24.3 Å². The first-order chi connectivity index (χ1) is 11.4. The van der Waals surface area contributed by atoms with Crippen LogP contribution in [0.4, 0.5) is 11.4 Å². The smallest absolute Gasteiger partial charge is 0.337 e. The lowest BCUT2D eigenvalue weighted by Crippen LogP contribution is -2.16. The number of ether oxygens (including phenoxy) is 1. The van der Waals surface area contributed by atoms with Crippen molar-refractivity contribution in [3.63, 3.8) is 0 Å². The predicted octanol–water partition coefficient (Wildman–Crippen LogP) is 2.00. The number of hydrogen-bond donors (Lipinski definition) is 3. The molecule has 0 saturated heterocycles. The van der Waals surface area contributed by atoms with Gasteiger partial charge in [0.1, 0.15) is 11.4 Å². The molecule has 2 rings (SSSR count). The highest BCUT2D eigenvalue weighted by atomic mass is 16.5. The molecule has 1 aromatic carbocycles. The fourth-order valence-electron chi connectivity index (χ4n) is 1.89. The Morgan fingerprint density at radius 3 is 2.38 bits per heavy atom. The number of hydrogen-bond acceptors (Lipinski definition) is 5. The van der Waals surface area contributed by atoms with Gasteiger partial charge in [-0.3, -0.25) is 14.6 Å². The van der Waals surface area contributed by atoms with E-state index < -0.39 is 11.9 Å². The minimum atomic E-state index is -1.13. The van der Waals surface area contributed by atoms with Crippen molar-refractivity contribution in [1.82, 2.24) is 4.98 Å². The minimum absolute atomic E-state index is 0.0214. The summed E-state index contributed by atoms with van der Waals surface area (Å²) < 4.78 is 5.10. The van der Waals surface area contributed by atoms with E-state index >= 15 is 0 Å². The molecule has 2 aromatic rings. The van der Waals surface area contributed by atoms with Gasteiger partial charge < -0.3 is 20.5 Å². The molecule has 0 fully saturated rings. The molecule has 0 unspecified atom stereocenters. The number of methoxy groups -OCH3 is 1. The lowest BCUT2D eigenvalue weighted by Gasteiger charge is -2.13. The summed E-state index contributed by atoms with van der Waals surface area (Å²) in [5.41, 5.74) is 0.751. The van der Waals surface area contributed by atoms with E-state index in [-0.39, 0.29) is 17.2 Å². The van der Waals surface area contributed by atoms with Crippen LogP contribution in [0.2, 0.25) is 0 Å². The van der Waals surface area contributed by atoms with Gasteiger partial charge in [0.2, 0.25) is 5.91 Å². The Kier molecular flexibility index (Phi) is 5.10. The highest BCUT2D eigenvalue weighted by Crippen LogP contribution is 2.27. The van der Waals surface area contributed by atoms with Crippen molar-refractivity contribution < 1.29 is 24.2 Å². The predicted molar refractivity (Wildman–Crippen MR) is 86.4 cm³/mol. The van der Waals surface area contributed by atoms with Crippen LogP contribution < -0.4 is 15.4 Å². The van der Waals surface area contributed by atoms with Crippen LogP contribution in [0.5, 0.6) is 5.75 Å². The third kappa shape index (κ3) is 4.07. The summed E-state index contributed by atoms with van der Waals surface area (Å²) in [4.78, 5) is 38.1. The number of amides is 2. The first-order valence-corrected chi connectivity index (χ1v) is 6.87. The summed E-state index contributed by atoms with van der Waals surface area (Å²) in [7, 11) is 1.48. The number of nitrogens with zero attached hydrogens (tertiary/aromatic N) is 1. The molecule has 0 bridgehead atoms. The molecule has 24 heavy (non-hydrogen) atoms. The number of rotatable bonds is 5. The van der Waals surface area contributed by atoms with E-state index in [1.54, 1.807) is 18.2 Å². The van der Waals surface area contributed by atoms with Gasteiger partial charge in [0.05, 0.1) is 24.0 Å². The van der Waals surface area contributed by atoms with E-state index in [4.69, 9.17) is 9.84 Å². The van der Waals surface area contributed by atoms with Gasteiger partial charge in [0, 0.05) is 19.2 Å². The maximum absolute atomic E-state index is 12.3. The van der Waals surface area contributed by atoms with Gasteiger partial charge in [0.25, 0.3) is 5.91 Å². The number of aromatic carboxylic acids is 1.